The van der Waals surface area contributed by atoms with Gasteiger partial charge in [0, 0.05) is 6.54 Å². The molecule has 2 aromatic carbocycles. The number of nitrogens with zero attached hydrogens (tertiary/aromatic N) is 3. The van der Waals surface area contributed by atoms with Gasteiger partial charge in [-0.25, -0.2) is 4.98 Å². The van der Waals surface area contributed by atoms with Crippen LogP contribution >= 0.6 is 11.3 Å². The van der Waals surface area contributed by atoms with Crippen LogP contribution in [0.15, 0.2) is 76.9 Å². The largest absolute Gasteiger partial charge is 0.328 e. The van der Waals surface area contributed by atoms with Crippen molar-refractivity contribution in [2.45, 2.75) is 32.7 Å². The fourth-order valence-corrected chi connectivity index (χ4v) is 4.42. The number of carbonyl (C=O) groups excluding carboxylic acids is 1. The van der Waals surface area contributed by atoms with Crippen LogP contribution in [0.25, 0.3) is 16.6 Å². The minimum Gasteiger partial charge on any atom is -0.328 e. The average Bonchev–Trinajstić information content (AvgIpc) is 3.34. The van der Waals surface area contributed by atoms with E-state index in [2.05, 4.69) is 6.92 Å². The number of carbonyl (C=O) groups is 1. The Morgan fingerprint density at radius 1 is 1.06 bits per heavy atom. The lowest BCUT2D eigenvalue weighted by Crippen LogP contribution is -2.37. The Morgan fingerprint density at radius 2 is 1.81 bits per heavy atom. The molecule has 1 atom stereocenters. The van der Waals surface area contributed by atoms with E-state index in [1.54, 1.807) is 10.6 Å². The number of amides is 1. The zero-order valence-electron chi connectivity index (χ0n) is 17.7. The second kappa shape index (κ2) is 9.27. The van der Waals surface area contributed by atoms with Gasteiger partial charge in [-0.15, -0.1) is 11.3 Å². The standard InChI is InChI=1S/C25H25N3O2S/c1-3-4-16-27(25(30)22-15-10-17-31-22)18(2)23-26-21-14-9-8-13-20(21)24(29)28(23)19-11-6-5-7-12-19/h5-15,17-18H,3-4,16H2,1-2H3. The lowest BCUT2D eigenvalue weighted by atomic mass is 10.1. The molecule has 0 saturated heterocycles. The molecule has 0 aliphatic rings. The van der Waals surface area contributed by atoms with E-state index in [-0.39, 0.29) is 17.5 Å². The predicted octanol–water partition coefficient (Wildman–Crippen LogP) is 5.45. The highest BCUT2D eigenvalue weighted by Crippen LogP contribution is 2.26. The van der Waals surface area contributed by atoms with Gasteiger partial charge in [0.1, 0.15) is 5.82 Å². The van der Waals surface area contributed by atoms with E-state index in [4.69, 9.17) is 4.98 Å². The van der Waals surface area contributed by atoms with E-state index in [1.807, 2.05) is 77.9 Å². The number of para-hydroxylation sites is 2. The summed E-state index contributed by atoms with van der Waals surface area (Å²) < 4.78 is 1.65. The van der Waals surface area contributed by atoms with Gasteiger partial charge in [0.05, 0.1) is 27.5 Å². The number of hydrogen-bond acceptors (Lipinski definition) is 4. The van der Waals surface area contributed by atoms with Crippen molar-refractivity contribution >= 4 is 28.1 Å². The van der Waals surface area contributed by atoms with Crippen LogP contribution in [-0.2, 0) is 0 Å². The van der Waals surface area contributed by atoms with Gasteiger partial charge in [0.15, 0.2) is 0 Å². The third kappa shape index (κ3) is 4.16. The molecule has 31 heavy (non-hydrogen) atoms. The molecule has 0 aliphatic carbocycles. The molecule has 5 nitrogen and oxygen atoms in total. The summed E-state index contributed by atoms with van der Waals surface area (Å²) in [5, 5.41) is 2.47. The summed E-state index contributed by atoms with van der Waals surface area (Å²) in [5.74, 6) is 0.536. The topological polar surface area (TPSA) is 55.2 Å². The van der Waals surface area contributed by atoms with Crippen molar-refractivity contribution in [2.24, 2.45) is 0 Å². The second-order valence-corrected chi connectivity index (χ2v) is 8.42. The molecule has 0 radical (unpaired) electrons. The number of rotatable bonds is 7. The Balaban J connectivity index is 1.90. The molecule has 1 unspecified atom stereocenters. The van der Waals surface area contributed by atoms with Crippen LogP contribution in [0.4, 0.5) is 0 Å². The maximum Gasteiger partial charge on any atom is 0.266 e. The molecule has 1 amide bonds. The number of fused-ring (bicyclic) bond motifs is 1. The van der Waals surface area contributed by atoms with Crippen molar-refractivity contribution in [3.8, 4) is 5.69 Å². The molecule has 4 rings (SSSR count). The van der Waals surface area contributed by atoms with E-state index < -0.39 is 0 Å². The van der Waals surface area contributed by atoms with Crippen LogP contribution in [0.1, 0.15) is 48.2 Å². The average molecular weight is 432 g/mol. The van der Waals surface area contributed by atoms with Crippen molar-refractivity contribution in [3.63, 3.8) is 0 Å². The Bertz CT molecular complexity index is 1230. The fourth-order valence-electron chi connectivity index (χ4n) is 3.74. The molecule has 6 heteroatoms. The number of unbranched alkanes of at least 4 members (excludes halogenated alkanes) is 1. The van der Waals surface area contributed by atoms with Crippen LogP contribution in [-0.4, -0.2) is 26.9 Å². The first-order valence-corrected chi connectivity index (χ1v) is 11.4. The summed E-state index contributed by atoms with van der Waals surface area (Å²) in [6.45, 7) is 4.66. The zero-order chi connectivity index (χ0) is 21.8. The molecule has 0 bridgehead atoms. The number of benzene rings is 2. The van der Waals surface area contributed by atoms with Gasteiger partial charge in [-0.1, -0.05) is 49.7 Å². The molecule has 2 aromatic heterocycles. The molecule has 0 fully saturated rings. The quantitative estimate of drug-likeness (QED) is 0.391. The van der Waals surface area contributed by atoms with Gasteiger partial charge in [0.2, 0.25) is 0 Å². The highest BCUT2D eigenvalue weighted by molar-refractivity contribution is 7.12. The molecule has 4 aromatic rings. The molecular weight excluding hydrogens is 406 g/mol. The lowest BCUT2D eigenvalue weighted by molar-refractivity contribution is 0.0683. The molecule has 0 saturated carbocycles. The number of hydrogen-bond donors (Lipinski definition) is 0. The molecule has 2 heterocycles. The van der Waals surface area contributed by atoms with Crippen molar-refractivity contribution in [1.29, 1.82) is 0 Å². The van der Waals surface area contributed by atoms with Crippen LogP contribution < -0.4 is 5.56 Å². The van der Waals surface area contributed by atoms with E-state index in [0.717, 1.165) is 18.5 Å². The van der Waals surface area contributed by atoms with Gasteiger partial charge in [-0.3, -0.25) is 14.2 Å². The second-order valence-electron chi connectivity index (χ2n) is 7.47. The SMILES string of the molecule is CCCCN(C(=O)c1cccs1)C(C)c1nc2ccccc2c(=O)n1-c1ccccc1. The van der Waals surface area contributed by atoms with Crippen molar-refractivity contribution < 1.29 is 4.79 Å². The van der Waals surface area contributed by atoms with E-state index in [0.29, 0.717) is 28.1 Å². The normalized spacial score (nSPS) is 12.1. The minimum atomic E-state index is -0.376. The van der Waals surface area contributed by atoms with Gasteiger partial charge in [-0.05, 0) is 49.1 Å². The molecule has 0 aliphatic heterocycles. The minimum absolute atomic E-state index is 0.0297. The van der Waals surface area contributed by atoms with Crippen LogP contribution in [0.2, 0.25) is 0 Å². The highest BCUT2D eigenvalue weighted by atomic mass is 32.1. The fraction of sp³-hybridized carbons (Fsp3) is 0.240. The Labute approximate surface area is 185 Å². The lowest BCUT2D eigenvalue weighted by Gasteiger charge is -2.30. The number of thiophene rings is 1. The van der Waals surface area contributed by atoms with Crippen molar-refractivity contribution in [3.05, 3.63) is 93.2 Å². The summed E-state index contributed by atoms with van der Waals surface area (Å²) in [7, 11) is 0. The molecular formula is C25H25N3O2S. The first-order chi connectivity index (χ1) is 15.1. The smallest absolute Gasteiger partial charge is 0.266 e. The van der Waals surface area contributed by atoms with Crippen LogP contribution in [0, 0.1) is 0 Å². The van der Waals surface area contributed by atoms with Crippen molar-refractivity contribution in [2.75, 3.05) is 6.54 Å². The summed E-state index contributed by atoms with van der Waals surface area (Å²) in [6, 6.07) is 20.2. The van der Waals surface area contributed by atoms with Gasteiger partial charge < -0.3 is 4.90 Å². The Morgan fingerprint density at radius 3 is 2.52 bits per heavy atom. The number of aromatic nitrogens is 2. The molecule has 0 N–H and O–H groups in total. The van der Waals surface area contributed by atoms with Crippen molar-refractivity contribution in [1.82, 2.24) is 14.5 Å². The van der Waals surface area contributed by atoms with Gasteiger partial charge in [0.25, 0.3) is 11.5 Å². The van der Waals surface area contributed by atoms with Gasteiger partial charge in [-0.2, -0.15) is 0 Å². The summed E-state index contributed by atoms with van der Waals surface area (Å²) >= 11 is 1.43. The van der Waals surface area contributed by atoms with Gasteiger partial charge >= 0.3 is 0 Å². The summed E-state index contributed by atoms with van der Waals surface area (Å²) in [5.41, 5.74) is 1.25. The van der Waals surface area contributed by atoms with Crippen LogP contribution in [0.3, 0.4) is 0 Å². The molecule has 0 spiro atoms. The Kier molecular flexibility index (Phi) is 6.28. The summed E-state index contributed by atoms with van der Waals surface area (Å²) in [4.78, 5) is 34.3. The van der Waals surface area contributed by atoms with Crippen LogP contribution in [0.5, 0.6) is 0 Å². The maximum atomic E-state index is 13.5. The van der Waals surface area contributed by atoms with E-state index in [9.17, 15) is 9.59 Å². The first-order valence-electron chi connectivity index (χ1n) is 10.5. The third-order valence-corrected chi connectivity index (χ3v) is 6.26. The third-order valence-electron chi connectivity index (χ3n) is 5.40. The Hall–Kier alpha value is -3.25. The monoisotopic (exact) mass is 431 g/mol. The highest BCUT2D eigenvalue weighted by Gasteiger charge is 2.27. The maximum absolute atomic E-state index is 13.5. The zero-order valence-corrected chi connectivity index (χ0v) is 18.5. The van der Waals surface area contributed by atoms with E-state index >= 15 is 0 Å². The van der Waals surface area contributed by atoms with E-state index in [1.165, 1.54) is 11.3 Å². The first kappa shape index (κ1) is 21.0. The molecule has 158 valence electrons. The predicted molar refractivity (Wildman–Crippen MR) is 126 cm³/mol. The summed E-state index contributed by atoms with van der Waals surface area (Å²) in [6.07, 6.45) is 1.85.